The van der Waals surface area contributed by atoms with Gasteiger partial charge in [0.05, 0.1) is 6.20 Å². The fraction of sp³-hybridized carbons (Fsp3) is 0.400. The number of aromatic amines is 1. The smallest absolute Gasteiger partial charge is 0.190 e. The molecule has 3 rings (SSSR count). The summed E-state index contributed by atoms with van der Waals surface area (Å²) >= 11 is 0. The highest BCUT2D eigenvalue weighted by Crippen LogP contribution is 2.19. The third kappa shape index (κ3) is 5.98. The van der Waals surface area contributed by atoms with Crippen molar-refractivity contribution >= 4 is 40.8 Å². The number of halogens is 1. The molecule has 3 aromatic rings. The molecule has 27 heavy (non-hydrogen) atoms. The van der Waals surface area contributed by atoms with Gasteiger partial charge in [0.15, 0.2) is 5.96 Å². The van der Waals surface area contributed by atoms with Crippen molar-refractivity contribution in [1.29, 1.82) is 0 Å². The molecule has 7 heteroatoms. The summed E-state index contributed by atoms with van der Waals surface area (Å²) in [5.41, 5.74) is 5.09. The van der Waals surface area contributed by atoms with E-state index >= 15 is 0 Å². The standard InChI is InChI=1S/C20H28N6.HI/c1-15-6-7-18-17(13-24-19(18)11-15)8-10-23-20(21-2)22-9-4-5-16-12-25-26(3)14-16;/h6-7,11-14,24H,4-5,8-10H2,1-3H3,(H2,21,22,23);1H. The number of H-pyrrole nitrogens is 1. The van der Waals surface area contributed by atoms with Crippen molar-refractivity contribution in [3.63, 3.8) is 0 Å². The van der Waals surface area contributed by atoms with E-state index in [1.165, 1.54) is 27.6 Å². The van der Waals surface area contributed by atoms with Crippen molar-refractivity contribution in [2.75, 3.05) is 20.1 Å². The molecule has 0 spiro atoms. The van der Waals surface area contributed by atoms with E-state index < -0.39 is 0 Å². The van der Waals surface area contributed by atoms with Gasteiger partial charge in [-0.2, -0.15) is 5.10 Å². The average Bonchev–Trinajstić information content (AvgIpc) is 3.22. The predicted octanol–water partition coefficient (Wildman–Crippen LogP) is 3.17. The second-order valence-electron chi connectivity index (χ2n) is 6.66. The van der Waals surface area contributed by atoms with E-state index in [4.69, 9.17) is 0 Å². The number of fused-ring (bicyclic) bond motifs is 1. The molecule has 6 nitrogen and oxygen atoms in total. The monoisotopic (exact) mass is 480 g/mol. The fourth-order valence-electron chi connectivity index (χ4n) is 3.14. The molecular weight excluding hydrogens is 451 g/mol. The van der Waals surface area contributed by atoms with E-state index in [0.717, 1.165) is 38.3 Å². The van der Waals surface area contributed by atoms with Gasteiger partial charge in [0.1, 0.15) is 0 Å². The summed E-state index contributed by atoms with van der Waals surface area (Å²) < 4.78 is 1.84. The molecule has 0 aliphatic rings. The van der Waals surface area contributed by atoms with E-state index in [1.54, 1.807) is 0 Å². The molecule has 3 N–H and O–H groups in total. The van der Waals surface area contributed by atoms with Crippen LogP contribution in [0.1, 0.15) is 23.1 Å². The number of nitrogens with zero attached hydrogens (tertiary/aromatic N) is 3. The van der Waals surface area contributed by atoms with Crippen LogP contribution in [0.2, 0.25) is 0 Å². The Morgan fingerprint density at radius 2 is 2.04 bits per heavy atom. The minimum atomic E-state index is 0. The molecule has 0 saturated carbocycles. The first kappa shape index (κ1) is 21.3. The van der Waals surface area contributed by atoms with Crippen LogP contribution in [0.4, 0.5) is 0 Å². The highest BCUT2D eigenvalue weighted by molar-refractivity contribution is 14.0. The van der Waals surface area contributed by atoms with E-state index in [-0.39, 0.29) is 24.0 Å². The lowest BCUT2D eigenvalue weighted by molar-refractivity contribution is 0.737. The number of aryl methyl sites for hydroxylation is 3. The number of aromatic nitrogens is 3. The molecule has 146 valence electrons. The van der Waals surface area contributed by atoms with Crippen molar-refractivity contribution in [1.82, 2.24) is 25.4 Å². The quantitative estimate of drug-likeness (QED) is 0.211. The molecule has 0 radical (unpaired) electrons. The van der Waals surface area contributed by atoms with Crippen LogP contribution in [0.25, 0.3) is 10.9 Å². The normalized spacial score (nSPS) is 11.4. The van der Waals surface area contributed by atoms with Gasteiger partial charge in [-0.3, -0.25) is 9.67 Å². The topological polar surface area (TPSA) is 70.0 Å². The maximum atomic E-state index is 4.30. The lowest BCUT2D eigenvalue weighted by Gasteiger charge is -2.11. The summed E-state index contributed by atoms with van der Waals surface area (Å²) in [6, 6.07) is 6.55. The zero-order chi connectivity index (χ0) is 18.4. The van der Waals surface area contributed by atoms with Gasteiger partial charge < -0.3 is 15.6 Å². The lowest BCUT2D eigenvalue weighted by atomic mass is 10.1. The number of aliphatic imine (C=N–C) groups is 1. The number of benzene rings is 1. The van der Waals surface area contributed by atoms with Gasteiger partial charge in [-0.05, 0) is 48.9 Å². The molecule has 1 aromatic carbocycles. The first-order valence-electron chi connectivity index (χ1n) is 9.14. The van der Waals surface area contributed by atoms with Gasteiger partial charge in [0, 0.05) is 50.5 Å². The van der Waals surface area contributed by atoms with E-state index in [2.05, 4.69) is 63.2 Å². The molecule has 0 aliphatic heterocycles. The highest BCUT2D eigenvalue weighted by atomic mass is 127. The lowest BCUT2D eigenvalue weighted by Crippen LogP contribution is -2.38. The molecule has 0 saturated heterocycles. The van der Waals surface area contributed by atoms with Crippen molar-refractivity contribution in [3.05, 3.63) is 53.5 Å². The van der Waals surface area contributed by atoms with Crippen LogP contribution in [-0.4, -0.2) is 40.9 Å². The Bertz CT molecular complexity index is 880. The van der Waals surface area contributed by atoms with Gasteiger partial charge in [-0.15, -0.1) is 24.0 Å². The van der Waals surface area contributed by atoms with E-state index in [1.807, 2.05) is 25.0 Å². The Labute approximate surface area is 177 Å². The summed E-state index contributed by atoms with van der Waals surface area (Å²) in [5, 5.41) is 12.3. The van der Waals surface area contributed by atoms with Crippen LogP contribution in [0.15, 0.2) is 41.8 Å². The summed E-state index contributed by atoms with van der Waals surface area (Å²) in [4.78, 5) is 7.66. The first-order valence-corrected chi connectivity index (χ1v) is 9.14. The fourth-order valence-corrected chi connectivity index (χ4v) is 3.14. The highest BCUT2D eigenvalue weighted by Gasteiger charge is 2.04. The van der Waals surface area contributed by atoms with Gasteiger partial charge in [0.2, 0.25) is 0 Å². The third-order valence-corrected chi connectivity index (χ3v) is 4.53. The molecule has 0 aliphatic carbocycles. The largest absolute Gasteiger partial charge is 0.361 e. The van der Waals surface area contributed by atoms with E-state index in [9.17, 15) is 0 Å². The van der Waals surface area contributed by atoms with Crippen molar-refractivity contribution in [2.45, 2.75) is 26.2 Å². The van der Waals surface area contributed by atoms with Crippen LogP contribution >= 0.6 is 24.0 Å². The number of hydrogen-bond donors (Lipinski definition) is 3. The number of rotatable bonds is 7. The Hall–Kier alpha value is -2.03. The van der Waals surface area contributed by atoms with Gasteiger partial charge in [-0.25, -0.2) is 0 Å². The number of guanidine groups is 1. The summed E-state index contributed by atoms with van der Waals surface area (Å²) in [5.74, 6) is 0.854. The van der Waals surface area contributed by atoms with E-state index in [0.29, 0.717) is 0 Å². The van der Waals surface area contributed by atoms with Crippen molar-refractivity contribution < 1.29 is 0 Å². The summed E-state index contributed by atoms with van der Waals surface area (Å²) in [6.07, 6.45) is 9.13. The average molecular weight is 480 g/mol. The Morgan fingerprint density at radius 3 is 2.78 bits per heavy atom. The van der Waals surface area contributed by atoms with Gasteiger partial charge in [-0.1, -0.05) is 12.1 Å². The molecule has 0 unspecified atom stereocenters. The minimum absolute atomic E-state index is 0. The van der Waals surface area contributed by atoms with Crippen LogP contribution in [0, 0.1) is 6.92 Å². The SMILES string of the molecule is CN=C(NCCCc1cnn(C)c1)NCCc1c[nH]c2cc(C)ccc12.I. The second-order valence-corrected chi connectivity index (χ2v) is 6.66. The third-order valence-electron chi connectivity index (χ3n) is 4.53. The van der Waals surface area contributed by atoms with Crippen molar-refractivity contribution in [2.24, 2.45) is 12.0 Å². The molecule has 0 atom stereocenters. The molecule has 0 fully saturated rings. The maximum Gasteiger partial charge on any atom is 0.190 e. The van der Waals surface area contributed by atoms with Gasteiger partial charge in [0.25, 0.3) is 0 Å². The Morgan fingerprint density at radius 1 is 1.22 bits per heavy atom. The molecular formula is C20H29IN6. The van der Waals surface area contributed by atoms with Crippen molar-refractivity contribution in [3.8, 4) is 0 Å². The second kappa shape index (κ2) is 10.3. The Kier molecular flexibility index (Phi) is 8.15. The summed E-state index contributed by atoms with van der Waals surface area (Å²) in [6.45, 7) is 3.86. The van der Waals surface area contributed by atoms with Crippen LogP contribution in [-0.2, 0) is 19.9 Å². The number of hydrogen-bond acceptors (Lipinski definition) is 2. The summed E-state index contributed by atoms with van der Waals surface area (Å²) in [7, 11) is 3.76. The molecule has 0 amide bonds. The first-order chi connectivity index (χ1) is 12.7. The van der Waals surface area contributed by atoms with Gasteiger partial charge >= 0.3 is 0 Å². The predicted molar refractivity (Wildman–Crippen MR) is 123 cm³/mol. The zero-order valence-electron chi connectivity index (χ0n) is 16.2. The minimum Gasteiger partial charge on any atom is -0.361 e. The van der Waals surface area contributed by atoms with Crippen LogP contribution in [0.3, 0.4) is 0 Å². The van der Waals surface area contributed by atoms with Crippen LogP contribution < -0.4 is 10.6 Å². The van der Waals surface area contributed by atoms with Crippen LogP contribution in [0.5, 0.6) is 0 Å². The molecule has 2 heterocycles. The number of nitrogens with one attached hydrogen (secondary N) is 3. The maximum absolute atomic E-state index is 4.30. The molecule has 2 aromatic heterocycles. The molecule has 0 bridgehead atoms. The Balaban J connectivity index is 0.00000261. The zero-order valence-corrected chi connectivity index (χ0v) is 18.6.